The Hall–Kier alpha value is 0.0200. The number of hydrogen-bond acceptors (Lipinski definition) is 2. The molecule has 0 amide bonds. The van der Waals surface area contributed by atoms with Crippen LogP contribution in [0.4, 0.5) is 0 Å². The van der Waals surface area contributed by atoms with Crippen LogP contribution in [0.15, 0.2) is 0 Å². The molecule has 1 aliphatic carbocycles. The van der Waals surface area contributed by atoms with Crippen LogP contribution in [0.2, 0.25) is 0 Å². The highest BCUT2D eigenvalue weighted by atomic mass is 32.2. The molecule has 1 nitrogen and oxygen atoms in total. The fourth-order valence-corrected chi connectivity index (χ4v) is 4.07. The van der Waals surface area contributed by atoms with Gasteiger partial charge in [0, 0.05) is 18.1 Å². The van der Waals surface area contributed by atoms with Gasteiger partial charge in [-0.15, -0.1) is 0 Å². The molecule has 1 aliphatic heterocycles. The van der Waals surface area contributed by atoms with E-state index in [4.69, 9.17) is 0 Å². The molecule has 0 aromatic heterocycles. The summed E-state index contributed by atoms with van der Waals surface area (Å²) in [4.78, 5) is 11.9. The van der Waals surface area contributed by atoms with Gasteiger partial charge in [-0.1, -0.05) is 32.1 Å². The van der Waals surface area contributed by atoms with E-state index in [1.807, 2.05) is 11.8 Å². The topological polar surface area (TPSA) is 17.1 Å². The number of Topliss-reactive ketones (excluding diaryl/α,β-unsaturated/α-hetero) is 1. The lowest BCUT2D eigenvalue weighted by Crippen LogP contribution is -2.16. The molecule has 1 saturated heterocycles. The third-order valence-corrected chi connectivity index (χ3v) is 5.07. The molecule has 1 unspecified atom stereocenters. The fourth-order valence-electron chi connectivity index (χ4n) is 2.81. The van der Waals surface area contributed by atoms with Crippen LogP contribution in [0, 0.1) is 11.8 Å². The van der Waals surface area contributed by atoms with E-state index in [1.165, 1.54) is 44.3 Å². The largest absolute Gasteiger partial charge is 0.299 e. The summed E-state index contributed by atoms with van der Waals surface area (Å²) in [7, 11) is 0. The van der Waals surface area contributed by atoms with Gasteiger partial charge in [-0.3, -0.25) is 4.79 Å². The lowest BCUT2D eigenvalue weighted by molar-refractivity contribution is -0.122. The zero-order valence-electron chi connectivity index (χ0n) is 9.54. The second-order valence-electron chi connectivity index (χ2n) is 5.07. The van der Waals surface area contributed by atoms with Crippen molar-refractivity contribution in [3.8, 4) is 0 Å². The quantitative estimate of drug-likeness (QED) is 0.727. The first-order chi connectivity index (χ1) is 7.36. The van der Waals surface area contributed by atoms with Crippen LogP contribution in [0.3, 0.4) is 0 Å². The van der Waals surface area contributed by atoms with Gasteiger partial charge < -0.3 is 0 Å². The average Bonchev–Trinajstić information content (AvgIpc) is 2.81. The molecule has 0 spiro atoms. The van der Waals surface area contributed by atoms with Crippen molar-refractivity contribution in [2.24, 2.45) is 11.8 Å². The maximum Gasteiger partial charge on any atom is 0.136 e. The summed E-state index contributed by atoms with van der Waals surface area (Å²) in [6.45, 7) is 0. The lowest BCUT2D eigenvalue weighted by Gasteiger charge is -2.21. The van der Waals surface area contributed by atoms with Gasteiger partial charge in [0.25, 0.3) is 0 Å². The van der Waals surface area contributed by atoms with E-state index in [2.05, 4.69) is 0 Å². The van der Waals surface area contributed by atoms with Gasteiger partial charge in [-0.2, -0.15) is 11.8 Å². The first-order valence-electron chi connectivity index (χ1n) is 6.46. The van der Waals surface area contributed by atoms with Crippen molar-refractivity contribution in [1.29, 1.82) is 0 Å². The molecule has 0 radical (unpaired) electrons. The molecule has 1 heterocycles. The highest BCUT2D eigenvalue weighted by molar-refractivity contribution is 7.99. The monoisotopic (exact) mass is 226 g/mol. The summed E-state index contributed by atoms with van der Waals surface area (Å²) in [5, 5.41) is 0. The Kier molecular flexibility index (Phi) is 4.55. The van der Waals surface area contributed by atoms with Crippen molar-refractivity contribution in [3.63, 3.8) is 0 Å². The number of rotatable bonds is 4. The number of ketones is 1. The Morgan fingerprint density at radius 2 is 1.93 bits per heavy atom. The van der Waals surface area contributed by atoms with Crippen LogP contribution >= 0.6 is 11.8 Å². The minimum atomic E-state index is 0.415. The normalized spacial score (nSPS) is 28.1. The zero-order valence-corrected chi connectivity index (χ0v) is 10.4. The highest BCUT2D eigenvalue weighted by Gasteiger charge is 2.23. The van der Waals surface area contributed by atoms with E-state index < -0.39 is 0 Å². The van der Waals surface area contributed by atoms with Gasteiger partial charge in [-0.05, 0) is 24.5 Å². The van der Waals surface area contributed by atoms with Gasteiger partial charge in [-0.25, -0.2) is 0 Å². The van der Waals surface area contributed by atoms with Crippen molar-refractivity contribution in [3.05, 3.63) is 0 Å². The smallest absolute Gasteiger partial charge is 0.136 e. The summed E-state index contributed by atoms with van der Waals surface area (Å²) < 4.78 is 0. The molecular formula is C13H22OS. The van der Waals surface area contributed by atoms with Gasteiger partial charge in [0.05, 0.1) is 0 Å². The predicted octanol–water partition coefficient (Wildman–Crippen LogP) is 3.67. The van der Waals surface area contributed by atoms with Crippen molar-refractivity contribution in [2.45, 2.75) is 51.4 Å². The van der Waals surface area contributed by atoms with Crippen molar-refractivity contribution in [2.75, 3.05) is 11.5 Å². The van der Waals surface area contributed by atoms with Crippen molar-refractivity contribution < 1.29 is 4.79 Å². The Bertz CT molecular complexity index is 203. The molecule has 0 bridgehead atoms. The number of hydrogen-bond donors (Lipinski definition) is 0. The van der Waals surface area contributed by atoms with E-state index in [0.29, 0.717) is 11.7 Å². The minimum absolute atomic E-state index is 0.415. The van der Waals surface area contributed by atoms with E-state index in [0.717, 1.165) is 24.5 Å². The van der Waals surface area contributed by atoms with Gasteiger partial charge >= 0.3 is 0 Å². The SMILES string of the molecule is O=C(CCC1CCCCC1)C1CCSC1. The van der Waals surface area contributed by atoms with Crippen LogP contribution in [-0.2, 0) is 4.79 Å². The molecule has 2 rings (SSSR count). The molecule has 15 heavy (non-hydrogen) atoms. The number of thioether (sulfide) groups is 1. The fraction of sp³-hybridized carbons (Fsp3) is 0.923. The van der Waals surface area contributed by atoms with Gasteiger partial charge in [0.1, 0.15) is 5.78 Å². The average molecular weight is 226 g/mol. The van der Waals surface area contributed by atoms with Crippen LogP contribution in [-0.4, -0.2) is 17.3 Å². The Morgan fingerprint density at radius 1 is 1.13 bits per heavy atom. The number of carbonyl (C=O) groups is 1. The van der Waals surface area contributed by atoms with Crippen LogP contribution in [0.1, 0.15) is 51.4 Å². The zero-order chi connectivity index (χ0) is 10.5. The van der Waals surface area contributed by atoms with Crippen LogP contribution in [0.25, 0.3) is 0 Å². The van der Waals surface area contributed by atoms with E-state index in [1.54, 1.807) is 0 Å². The van der Waals surface area contributed by atoms with Crippen LogP contribution < -0.4 is 0 Å². The maximum atomic E-state index is 11.9. The first-order valence-corrected chi connectivity index (χ1v) is 7.62. The summed E-state index contributed by atoms with van der Waals surface area (Å²) in [5.74, 6) is 4.16. The molecule has 2 heteroatoms. The second-order valence-corrected chi connectivity index (χ2v) is 6.22. The molecule has 1 saturated carbocycles. The molecule has 0 aromatic carbocycles. The second kappa shape index (κ2) is 5.93. The van der Waals surface area contributed by atoms with Crippen LogP contribution in [0.5, 0.6) is 0 Å². The van der Waals surface area contributed by atoms with Crippen molar-refractivity contribution >= 4 is 17.5 Å². The molecule has 2 aliphatic rings. The molecule has 1 atom stereocenters. The highest BCUT2D eigenvalue weighted by Crippen LogP contribution is 2.30. The molecule has 0 N–H and O–H groups in total. The lowest BCUT2D eigenvalue weighted by atomic mass is 9.84. The van der Waals surface area contributed by atoms with Gasteiger partial charge in [0.15, 0.2) is 0 Å². The Labute approximate surface area is 97.4 Å². The molecule has 0 aromatic rings. The summed E-state index contributed by atoms with van der Waals surface area (Å²) in [6, 6.07) is 0. The Balaban J connectivity index is 1.65. The Morgan fingerprint density at radius 3 is 2.60 bits per heavy atom. The van der Waals surface area contributed by atoms with Gasteiger partial charge in [0.2, 0.25) is 0 Å². The molecule has 86 valence electrons. The standard InChI is InChI=1S/C13H22OS/c14-13(12-8-9-15-10-12)7-6-11-4-2-1-3-5-11/h11-12H,1-10H2. The summed E-state index contributed by atoms with van der Waals surface area (Å²) >= 11 is 1.95. The first kappa shape index (κ1) is 11.5. The number of carbonyl (C=O) groups excluding carboxylic acids is 1. The predicted molar refractivity (Wildman–Crippen MR) is 66.2 cm³/mol. The van der Waals surface area contributed by atoms with E-state index in [9.17, 15) is 4.79 Å². The van der Waals surface area contributed by atoms with Crippen molar-refractivity contribution in [1.82, 2.24) is 0 Å². The third-order valence-electron chi connectivity index (χ3n) is 3.91. The maximum absolute atomic E-state index is 11.9. The summed E-state index contributed by atoms with van der Waals surface area (Å²) in [5.41, 5.74) is 0. The molecule has 2 fully saturated rings. The minimum Gasteiger partial charge on any atom is -0.299 e. The molecular weight excluding hydrogens is 204 g/mol. The van der Waals surface area contributed by atoms with E-state index >= 15 is 0 Å². The van der Waals surface area contributed by atoms with E-state index in [-0.39, 0.29) is 0 Å². The summed E-state index contributed by atoms with van der Waals surface area (Å²) in [6.07, 6.45) is 10.2. The third kappa shape index (κ3) is 3.51.